The number of anilines is 1. The molecule has 0 aliphatic rings. The van der Waals surface area contributed by atoms with E-state index in [9.17, 15) is 4.79 Å². The predicted octanol–water partition coefficient (Wildman–Crippen LogP) is 3.71. The fraction of sp³-hybridized carbons (Fsp3) is 0.158. The van der Waals surface area contributed by atoms with E-state index in [0.29, 0.717) is 5.75 Å². The summed E-state index contributed by atoms with van der Waals surface area (Å²) in [5.41, 5.74) is 4.75. The summed E-state index contributed by atoms with van der Waals surface area (Å²) in [6.07, 6.45) is 1.67. The van der Waals surface area contributed by atoms with Crippen molar-refractivity contribution in [1.82, 2.24) is 9.97 Å². The number of rotatable bonds is 5. The molecular formula is C19H19N3O2. The molecule has 0 aliphatic carbocycles. The van der Waals surface area contributed by atoms with Crippen LogP contribution < -0.4 is 10.1 Å². The molecule has 0 spiro atoms. The highest BCUT2D eigenvalue weighted by atomic mass is 16.5. The van der Waals surface area contributed by atoms with Gasteiger partial charge in [0.25, 0.3) is 5.91 Å². The minimum Gasteiger partial charge on any atom is -0.484 e. The van der Waals surface area contributed by atoms with Crippen molar-refractivity contribution >= 4 is 11.6 Å². The van der Waals surface area contributed by atoms with Crippen molar-refractivity contribution in [2.45, 2.75) is 13.8 Å². The Bertz CT molecular complexity index is 838. The van der Waals surface area contributed by atoms with Gasteiger partial charge in [-0.05, 0) is 43.7 Å². The zero-order valence-corrected chi connectivity index (χ0v) is 13.7. The third-order valence-electron chi connectivity index (χ3n) is 3.63. The third kappa shape index (κ3) is 3.81. The Balaban J connectivity index is 1.57. The molecule has 24 heavy (non-hydrogen) atoms. The normalized spacial score (nSPS) is 10.4. The van der Waals surface area contributed by atoms with E-state index in [2.05, 4.69) is 15.3 Å². The molecule has 3 rings (SSSR count). The van der Waals surface area contributed by atoms with Gasteiger partial charge in [0.05, 0.1) is 12.0 Å². The molecule has 122 valence electrons. The number of aryl methyl sites for hydroxylation is 2. The highest BCUT2D eigenvalue weighted by Gasteiger charge is 2.07. The average Bonchev–Trinajstić information content (AvgIpc) is 3.00. The number of aromatic nitrogens is 2. The highest BCUT2D eigenvalue weighted by molar-refractivity contribution is 5.92. The van der Waals surface area contributed by atoms with Gasteiger partial charge in [0, 0.05) is 16.9 Å². The standard InChI is InChI=1S/C19H19N3O2/c1-13-4-3-5-17(10-13)24-11-18(23)22-16-8-6-15(7-9-16)19-14(2)20-12-21-19/h3-10,12H,11H2,1-2H3,(H,20,21)(H,22,23). The molecule has 5 heteroatoms. The maximum Gasteiger partial charge on any atom is 0.262 e. The summed E-state index contributed by atoms with van der Waals surface area (Å²) in [7, 11) is 0. The van der Waals surface area contributed by atoms with Crippen molar-refractivity contribution in [3.8, 4) is 17.0 Å². The van der Waals surface area contributed by atoms with E-state index in [1.165, 1.54) is 0 Å². The molecule has 0 saturated heterocycles. The summed E-state index contributed by atoms with van der Waals surface area (Å²) >= 11 is 0. The van der Waals surface area contributed by atoms with Crippen LogP contribution in [0.5, 0.6) is 5.75 Å². The van der Waals surface area contributed by atoms with Crippen molar-refractivity contribution in [3.63, 3.8) is 0 Å². The minimum absolute atomic E-state index is 0.0241. The van der Waals surface area contributed by atoms with Crippen molar-refractivity contribution in [1.29, 1.82) is 0 Å². The SMILES string of the molecule is Cc1cccc(OCC(=O)Nc2ccc(-c3nc[nH]c3C)cc2)c1. The van der Waals surface area contributed by atoms with E-state index in [0.717, 1.165) is 28.2 Å². The van der Waals surface area contributed by atoms with Gasteiger partial charge in [-0.15, -0.1) is 0 Å². The number of benzene rings is 2. The van der Waals surface area contributed by atoms with Crippen molar-refractivity contribution < 1.29 is 9.53 Å². The first-order valence-electron chi connectivity index (χ1n) is 7.71. The fourth-order valence-corrected chi connectivity index (χ4v) is 2.41. The van der Waals surface area contributed by atoms with Crippen molar-refractivity contribution in [2.75, 3.05) is 11.9 Å². The summed E-state index contributed by atoms with van der Waals surface area (Å²) in [5.74, 6) is 0.495. The van der Waals surface area contributed by atoms with Gasteiger partial charge in [0.15, 0.2) is 6.61 Å². The molecule has 0 saturated carbocycles. The molecule has 1 heterocycles. The van der Waals surface area contributed by atoms with Crippen LogP contribution in [0, 0.1) is 13.8 Å². The number of carbonyl (C=O) groups excluding carboxylic acids is 1. The minimum atomic E-state index is -0.194. The molecule has 0 radical (unpaired) electrons. The molecule has 0 fully saturated rings. The molecule has 3 aromatic rings. The van der Waals surface area contributed by atoms with Crippen LogP contribution in [0.15, 0.2) is 54.9 Å². The van der Waals surface area contributed by atoms with E-state index >= 15 is 0 Å². The summed E-state index contributed by atoms with van der Waals surface area (Å²) in [6, 6.07) is 15.2. The number of amides is 1. The molecule has 2 N–H and O–H groups in total. The third-order valence-corrected chi connectivity index (χ3v) is 3.63. The predicted molar refractivity (Wildman–Crippen MR) is 94.1 cm³/mol. The van der Waals surface area contributed by atoms with Crippen LogP contribution in [0.3, 0.4) is 0 Å². The molecule has 0 atom stereocenters. The van der Waals surface area contributed by atoms with Gasteiger partial charge in [-0.25, -0.2) is 4.98 Å². The number of carbonyl (C=O) groups is 1. The van der Waals surface area contributed by atoms with Gasteiger partial charge >= 0.3 is 0 Å². The summed E-state index contributed by atoms with van der Waals surface area (Å²) in [6.45, 7) is 3.93. The molecule has 0 aliphatic heterocycles. The lowest BCUT2D eigenvalue weighted by molar-refractivity contribution is -0.118. The van der Waals surface area contributed by atoms with Gasteiger partial charge in [-0.3, -0.25) is 4.79 Å². The lowest BCUT2D eigenvalue weighted by Gasteiger charge is -2.08. The number of nitrogens with zero attached hydrogens (tertiary/aromatic N) is 1. The Labute approximate surface area is 140 Å². The van der Waals surface area contributed by atoms with Gasteiger partial charge < -0.3 is 15.0 Å². The van der Waals surface area contributed by atoms with Crippen LogP contribution in [0.4, 0.5) is 5.69 Å². The Hall–Kier alpha value is -3.08. The van der Waals surface area contributed by atoms with Crippen LogP contribution in [0.25, 0.3) is 11.3 Å². The molecular weight excluding hydrogens is 302 g/mol. The lowest BCUT2D eigenvalue weighted by Crippen LogP contribution is -2.20. The molecule has 0 unspecified atom stereocenters. The maximum absolute atomic E-state index is 12.0. The Morgan fingerprint density at radius 3 is 2.62 bits per heavy atom. The van der Waals surface area contributed by atoms with Crippen LogP contribution >= 0.6 is 0 Å². The number of nitrogens with one attached hydrogen (secondary N) is 2. The Morgan fingerprint density at radius 2 is 1.96 bits per heavy atom. The quantitative estimate of drug-likeness (QED) is 0.753. The Kier molecular flexibility index (Phi) is 4.61. The van der Waals surface area contributed by atoms with Crippen LogP contribution in [0.2, 0.25) is 0 Å². The largest absolute Gasteiger partial charge is 0.484 e. The van der Waals surface area contributed by atoms with Crippen molar-refractivity contribution in [3.05, 3.63) is 66.1 Å². The topological polar surface area (TPSA) is 67.0 Å². The zero-order chi connectivity index (χ0) is 16.9. The number of aromatic amines is 1. The smallest absolute Gasteiger partial charge is 0.262 e. The van der Waals surface area contributed by atoms with E-state index < -0.39 is 0 Å². The van der Waals surface area contributed by atoms with Gasteiger partial charge in [0.2, 0.25) is 0 Å². The number of hydrogen-bond donors (Lipinski definition) is 2. The van der Waals surface area contributed by atoms with Crippen molar-refractivity contribution in [2.24, 2.45) is 0 Å². The maximum atomic E-state index is 12.0. The van der Waals surface area contributed by atoms with Gasteiger partial charge in [-0.1, -0.05) is 24.3 Å². The van der Waals surface area contributed by atoms with E-state index in [1.54, 1.807) is 6.33 Å². The first-order chi connectivity index (χ1) is 11.6. The second kappa shape index (κ2) is 7.00. The van der Waals surface area contributed by atoms with Crippen LogP contribution in [-0.2, 0) is 4.79 Å². The monoisotopic (exact) mass is 321 g/mol. The zero-order valence-electron chi connectivity index (χ0n) is 13.7. The van der Waals surface area contributed by atoms with E-state index in [1.807, 2.05) is 62.4 Å². The van der Waals surface area contributed by atoms with Gasteiger partial charge in [0.1, 0.15) is 5.75 Å². The summed E-state index contributed by atoms with van der Waals surface area (Å²) in [4.78, 5) is 19.3. The lowest BCUT2D eigenvalue weighted by atomic mass is 10.1. The molecule has 2 aromatic carbocycles. The van der Waals surface area contributed by atoms with Gasteiger partial charge in [-0.2, -0.15) is 0 Å². The fourth-order valence-electron chi connectivity index (χ4n) is 2.41. The first kappa shape index (κ1) is 15.8. The number of imidazole rings is 1. The summed E-state index contributed by atoms with van der Waals surface area (Å²) < 4.78 is 5.49. The number of ether oxygens (including phenoxy) is 1. The van der Waals surface area contributed by atoms with Crippen LogP contribution in [0.1, 0.15) is 11.3 Å². The van der Waals surface area contributed by atoms with E-state index in [-0.39, 0.29) is 12.5 Å². The highest BCUT2D eigenvalue weighted by Crippen LogP contribution is 2.21. The van der Waals surface area contributed by atoms with Crippen LogP contribution in [-0.4, -0.2) is 22.5 Å². The molecule has 0 bridgehead atoms. The second-order valence-electron chi connectivity index (χ2n) is 5.61. The average molecular weight is 321 g/mol. The second-order valence-corrected chi connectivity index (χ2v) is 5.61. The number of hydrogen-bond acceptors (Lipinski definition) is 3. The first-order valence-corrected chi connectivity index (χ1v) is 7.71. The number of H-pyrrole nitrogens is 1. The molecule has 5 nitrogen and oxygen atoms in total. The van der Waals surface area contributed by atoms with E-state index in [4.69, 9.17) is 4.74 Å². The summed E-state index contributed by atoms with van der Waals surface area (Å²) in [5, 5.41) is 2.82. The molecule has 1 amide bonds. The Morgan fingerprint density at radius 1 is 1.17 bits per heavy atom. The molecule has 1 aromatic heterocycles.